The van der Waals surface area contributed by atoms with Crippen LogP contribution in [-0.2, 0) is 9.53 Å². The van der Waals surface area contributed by atoms with Crippen molar-refractivity contribution in [1.29, 1.82) is 0 Å². The first kappa shape index (κ1) is 18.1. The summed E-state index contributed by atoms with van der Waals surface area (Å²) in [4.78, 5) is 16.4. The number of benzene rings is 2. The standard InChI is InChI=1S/C21H22N2O3S/c1-23-13-11-15(12-14-23)25-21(24)20(27-16-7-3-2-4-8-16)19-17-9-5-6-10-18(17)26-22-19/h2-10,15,20H,11-14H2,1H3. The zero-order chi connectivity index (χ0) is 18.6. The Labute approximate surface area is 162 Å². The third-order valence-corrected chi connectivity index (χ3v) is 6.01. The van der Waals surface area contributed by atoms with Crippen molar-refractivity contribution >= 4 is 28.7 Å². The molecular weight excluding hydrogens is 360 g/mol. The lowest BCUT2D eigenvalue weighted by molar-refractivity contribution is -0.150. The van der Waals surface area contributed by atoms with Gasteiger partial charge in [-0.25, -0.2) is 0 Å². The number of hydrogen-bond donors (Lipinski definition) is 0. The van der Waals surface area contributed by atoms with E-state index in [0.29, 0.717) is 11.3 Å². The molecule has 0 N–H and O–H groups in total. The van der Waals surface area contributed by atoms with E-state index in [-0.39, 0.29) is 12.1 Å². The van der Waals surface area contributed by atoms with Gasteiger partial charge in [0.2, 0.25) is 0 Å². The second-order valence-corrected chi connectivity index (χ2v) is 7.99. The molecule has 1 aliphatic heterocycles. The van der Waals surface area contributed by atoms with Crippen LogP contribution >= 0.6 is 11.8 Å². The van der Waals surface area contributed by atoms with Gasteiger partial charge in [0.15, 0.2) is 10.8 Å². The molecule has 1 saturated heterocycles. The zero-order valence-corrected chi connectivity index (χ0v) is 16.0. The largest absolute Gasteiger partial charge is 0.461 e. The number of carbonyl (C=O) groups excluding carboxylic acids is 1. The van der Waals surface area contributed by atoms with Gasteiger partial charge in [0.25, 0.3) is 0 Å². The van der Waals surface area contributed by atoms with Gasteiger partial charge in [-0.1, -0.05) is 35.5 Å². The first-order valence-electron chi connectivity index (χ1n) is 9.16. The monoisotopic (exact) mass is 382 g/mol. The Morgan fingerprint density at radius 1 is 1.15 bits per heavy atom. The Morgan fingerprint density at radius 2 is 1.85 bits per heavy atom. The summed E-state index contributed by atoms with van der Waals surface area (Å²) >= 11 is 1.45. The molecular formula is C21H22N2O3S. The molecule has 1 fully saturated rings. The number of piperidine rings is 1. The van der Waals surface area contributed by atoms with Crippen LogP contribution in [0.25, 0.3) is 11.0 Å². The fourth-order valence-electron chi connectivity index (χ4n) is 3.27. The number of rotatable bonds is 5. The van der Waals surface area contributed by atoms with Crippen molar-refractivity contribution in [2.24, 2.45) is 0 Å². The molecule has 5 nitrogen and oxygen atoms in total. The lowest BCUT2D eigenvalue weighted by Crippen LogP contribution is -2.36. The molecule has 0 spiro atoms. The van der Waals surface area contributed by atoms with E-state index in [2.05, 4.69) is 17.1 Å². The first-order chi connectivity index (χ1) is 13.2. The second-order valence-electron chi connectivity index (χ2n) is 6.81. The molecule has 0 amide bonds. The van der Waals surface area contributed by atoms with E-state index in [1.54, 1.807) is 0 Å². The van der Waals surface area contributed by atoms with Crippen molar-refractivity contribution < 1.29 is 14.1 Å². The summed E-state index contributed by atoms with van der Waals surface area (Å²) in [6, 6.07) is 17.5. The summed E-state index contributed by atoms with van der Waals surface area (Å²) in [5.41, 5.74) is 1.30. The Balaban J connectivity index is 1.60. The molecule has 3 aromatic rings. The highest BCUT2D eigenvalue weighted by Crippen LogP contribution is 2.39. The second kappa shape index (κ2) is 8.15. The molecule has 2 aromatic carbocycles. The van der Waals surface area contributed by atoms with Gasteiger partial charge in [0.05, 0.1) is 0 Å². The molecule has 0 radical (unpaired) electrons. The number of para-hydroxylation sites is 1. The minimum atomic E-state index is -0.560. The van der Waals surface area contributed by atoms with E-state index in [9.17, 15) is 4.79 Å². The normalized spacial score (nSPS) is 17.1. The van der Waals surface area contributed by atoms with Gasteiger partial charge in [-0.3, -0.25) is 4.79 Å². The summed E-state index contributed by atoms with van der Waals surface area (Å²) in [5, 5.41) is 4.51. The number of likely N-dealkylation sites (tertiary alicyclic amines) is 1. The summed E-state index contributed by atoms with van der Waals surface area (Å²) in [7, 11) is 2.09. The minimum absolute atomic E-state index is 0.0364. The lowest BCUT2D eigenvalue weighted by Gasteiger charge is -2.29. The topological polar surface area (TPSA) is 55.6 Å². The van der Waals surface area contributed by atoms with Gasteiger partial charge < -0.3 is 14.2 Å². The molecule has 0 aliphatic carbocycles. The van der Waals surface area contributed by atoms with Crippen LogP contribution in [0, 0.1) is 0 Å². The molecule has 0 saturated carbocycles. The van der Waals surface area contributed by atoms with E-state index in [4.69, 9.17) is 9.26 Å². The van der Waals surface area contributed by atoms with Gasteiger partial charge in [0, 0.05) is 23.4 Å². The Bertz CT molecular complexity index is 904. The van der Waals surface area contributed by atoms with Crippen molar-refractivity contribution in [3.8, 4) is 0 Å². The van der Waals surface area contributed by atoms with Gasteiger partial charge in [-0.05, 0) is 44.2 Å². The lowest BCUT2D eigenvalue weighted by atomic mass is 10.1. The van der Waals surface area contributed by atoms with E-state index < -0.39 is 5.25 Å². The molecule has 0 bridgehead atoms. The van der Waals surface area contributed by atoms with Gasteiger partial charge >= 0.3 is 5.97 Å². The molecule has 1 aromatic heterocycles. The molecule has 6 heteroatoms. The average Bonchev–Trinajstić information content (AvgIpc) is 3.12. The minimum Gasteiger partial charge on any atom is -0.461 e. The summed E-state index contributed by atoms with van der Waals surface area (Å²) in [6.07, 6.45) is 1.69. The van der Waals surface area contributed by atoms with Crippen LogP contribution < -0.4 is 0 Å². The van der Waals surface area contributed by atoms with E-state index >= 15 is 0 Å². The highest BCUT2D eigenvalue weighted by molar-refractivity contribution is 8.00. The van der Waals surface area contributed by atoms with Crippen molar-refractivity contribution in [3.05, 3.63) is 60.3 Å². The van der Waals surface area contributed by atoms with Gasteiger partial charge in [-0.2, -0.15) is 0 Å². The van der Waals surface area contributed by atoms with E-state index in [1.807, 2.05) is 54.6 Å². The van der Waals surface area contributed by atoms with Crippen LogP contribution in [-0.4, -0.2) is 42.3 Å². The van der Waals surface area contributed by atoms with E-state index in [1.165, 1.54) is 11.8 Å². The number of carbonyl (C=O) groups is 1. The smallest absolute Gasteiger partial charge is 0.326 e. The fourth-order valence-corrected chi connectivity index (χ4v) is 4.29. The number of aromatic nitrogens is 1. The number of fused-ring (bicyclic) bond motifs is 1. The van der Waals surface area contributed by atoms with E-state index in [0.717, 1.165) is 36.2 Å². The third-order valence-electron chi connectivity index (χ3n) is 4.81. The quantitative estimate of drug-likeness (QED) is 0.484. The van der Waals surface area contributed by atoms with Crippen LogP contribution in [0.15, 0.2) is 64.0 Å². The summed E-state index contributed by atoms with van der Waals surface area (Å²) in [6.45, 7) is 1.89. The SMILES string of the molecule is CN1CCC(OC(=O)C(Sc2ccccc2)c2noc3ccccc23)CC1. The Morgan fingerprint density at radius 3 is 2.63 bits per heavy atom. The van der Waals surface area contributed by atoms with Crippen molar-refractivity contribution in [2.75, 3.05) is 20.1 Å². The Kier molecular flexibility index (Phi) is 5.45. The molecule has 140 valence electrons. The maximum Gasteiger partial charge on any atom is 0.326 e. The molecule has 2 heterocycles. The predicted octanol–water partition coefficient (Wildman–Crippen LogP) is 4.30. The molecule has 27 heavy (non-hydrogen) atoms. The molecule has 1 unspecified atom stereocenters. The zero-order valence-electron chi connectivity index (χ0n) is 15.2. The van der Waals surface area contributed by atoms with Crippen LogP contribution in [0.2, 0.25) is 0 Å². The molecule has 4 rings (SSSR count). The summed E-state index contributed by atoms with van der Waals surface area (Å²) < 4.78 is 11.3. The molecule has 1 atom stereocenters. The average molecular weight is 382 g/mol. The highest BCUT2D eigenvalue weighted by Gasteiger charge is 2.31. The van der Waals surface area contributed by atoms with Crippen LogP contribution in [0.5, 0.6) is 0 Å². The number of nitrogens with zero attached hydrogens (tertiary/aromatic N) is 2. The third kappa shape index (κ3) is 4.17. The number of thioether (sulfide) groups is 1. The van der Waals surface area contributed by atoms with Gasteiger partial charge in [-0.15, -0.1) is 11.8 Å². The maximum atomic E-state index is 13.1. The van der Waals surface area contributed by atoms with Crippen molar-refractivity contribution in [1.82, 2.24) is 10.1 Å². The maximum absolute atomic E-state index is 13.1. The Hall–Kier alpha value is -2.31. The number of ether oxygens (including phenoxy) is 1. The van der Waals surface area contributed by atoms with Crippen LogP contribution in [0.4, 0.5) is 0 Å². The van der Waals surface area contributed by atoms with Crippen molar-refractivity contribution in [2.45, 2.75) is 29.1 Å². The van der Waals surface area contributed by atoms with Crippen LogP contribution in [0.1, 0.15) is 23.8 Å². The number of esters is 1. The van der Waals surface area contributed by atoms with Crippen molar-refractivity contribution in [3.63, 3.8) is 0 Å². The first-order valence-corrected chi connectivity index (χ1v) is 10.0. The summed E-state index contributed by atoms with van der Waals surface area (Å²) in [5.74, 6) is -0.252. The number of hydrogen-bond acceptors (Lipinski definition) is 6. The highest BCUT2D eigenvalue weighted by atomic mass is 32.2. The predicted molar refractivity (Wildman–Crippen MR) is 106 cm³/mol. The fraction of sp³-hybridized carbons (Fsp3) is 0.333. The molecule has 1 aliphatic rings. The van der Waals surface area contributed by atoms with Crippen LogP contribution in [0.3, 0.4) is 0 Å². The van der Waals surface area contributed by atoms with Gasteiger partial charge in [0.1, 0.15) is 11.8 Å².